The predicted octanol–water partition coefficient (Wildman–Crippen LogP) is 4.25. The van der Waals surface area contributed by atoms with Crippen molar-refractivity contribution >= 4 is 32.8 Å². The highest BCUT2D eigenvalue weighted by Crippen LogP contribution is 2.25. The van der Waals surface area contributed by atoms with E-state index in [0.717, 1.165) is 13.1 Å². The van der Waals surface area contributed by atoms with Gasteiger partial charge in [-0.25, -0.2) is 0 Å². The van der Waals surface area contributed by atoms with E-state index >= 15 is 0 Å². The Hall–Kier alpha value is -1.16. The van der Waals surface area contributed by atoms with E-state index in [4.69, 9.17) is 0 Å². The van der Waals surface area contributed by atoms with E-state index in [1.165, 1.54) is 20.5 Å². The van der Waals surface area contributed by atoms with Gasteiger partial charge >= 0.3 is 0 Å². The van der Waals surface area contributed by atoms with Gasteiger partial charge in [-0.1, -0.05) is 24.3 Å². The van der Waals surface area contributed by atoms with Crippen LogP contribution in [0, 0.1) is 0 Å². The highest BCUT2D eigenvalue weighted by Gasteiger charge is 2.02. The van der Waals surface area contributed by atoms with Crippen LogP contribution in [0.25, 0.3) is 10.1 Å². The van der Waals surface area contributed by atoms with Crippen molar-refractivity contribution in [1.82, 2.24) is 5.32 Å². The van der Waals surface area contributed by atoms with Gasteiger partial charge in [0, 0.05) is 22.7 Å². The van der Waals surface area contributed by atoms with Crippen molar-refractivity contribution in [3.05, 3.63) is 57.6 Å². The predicted molar refractivity (Wildman–Crippen MR) is 76.7 cm³/mol. The Kier molecular flexibility index (Phi) is 3.22. The molecular weight excluding hydrogens is 246 g/mol. The van der Waals surface area contributed by atoms with Gasteiger partial charge in [-0.15, -0.1) is 22.7 Å². The Balaban J connectivity index is 1.69. The van der Waals surface area contributed by atoms with Crippen molar-refractivity contribution in [2.45, 2.75) is 13.1 Å². The minimum Gasteiger partial charge on any atom is -0.308 e. The van der Waals surface area contributed by atoms with Gasteiger partial charge < -0.3 is 5.32 Å². The Morgan fingerprint density at radius 1 is 0.941 bits per heavy atom. The second kappa shape index (κ2) is 5.00. The summed E-state index contributed by atoms with van der Waals surface area (Å²) in [4.78, 5) is 1.39. The average Bonchev–Trinajstić information content (AvgIpc) is 2.99. The van der Waals surface area contributed by atoms with Crippen LogP contribution in [0.15, 0.2) is 47.2 Å². The molecule has 0 aliphatic heterocycles. The molecule has 2 aromatic heterocycles. The summed E-state index contributed by atoms with van der Waals surface area (Å²) in [6, 6.07) is 12.9. The summed E-state index contributed by atoms with van der Waals surface area (Å²) >= 11 is 3.63. The second-order valence-electron chi connectivity index (χ2n) is 3.94. The van der Waals surface area contributed by atoms with Crippen LogP contribution in [0.4, 0.5) is 0 Å². The van der Waals surface area contributed by atoms with Crippen molar-refractivity contribution in [3.63, 3.8) is 0 Å². The molecule has 0 aliphatic carbocycles. The van der Waals surface area contributed by atoms with Gasteiger partial charge in [-0.05, 0) is 33.8 Å². The molecule has 0 saturated heterocycles. The molecule has 3 aromatic rings. The first kappa shape index (κ1) is 11.0. The zero-order valence-electron chi connectivity index (χ0n) is 9.35. The van der Waals surface area contributed by atoms with Crippen LogP contribution in [-0.2, 0) is 13.1 Å². The number of fused-ring (bicyclic) bond motifs is 1. The first-order chi connectivity index (χ1) is 8.43. The summed E-state index contributed by atoms with van der Waals surface area (Å²) < 4.78 is 1.38. The van der Waals surface area contributed by atoms with Crippen molar-refractivity contribution in [3.8, 4) is 0 Å². The van der Waals surface area contributed by atoms with E-state index in [2.05, 4.69) is 52.5 Å². The maximum Gasteiger partial charge on any atom is 0.0346 e. The topological polar surface area (TPSA) is 12.0 Å². The smallest absolute Gasteiger partial charge is 0.0346 e. The third-order valence-corrected chi connectivity index (χ3v) is 4.64. The van der Waals surface area contributed by atoms with E-state index < -0.39 is 0 Å². The minimum atomic E-state index is 0.946. The number of hydrogen-bond donors (Lipinski definition) is 1. The summed E-state index contributed by atoms with van der Waals surface area (Å²) in [5.74, 6) is 0. The molecule has 0 saturated carbocycles. The quantitative estimate of drug-likeness (QED) is 0.738. The fraction of sp³-hybridized carbons (Fsp3) is 0.143. The van der Waals surface area contributed by atoms with Crippen molar-refractivity contribution in [2.24, 2.45) is 0 Å². The van der Waals surface area contributed by atoms with E-state index in [1.54, 1.807) is 11.3 Å². The first-order valence-corrected chi connectivity index (χ1v) is 7.37. The molecule has 2 heterocycles. The van der Waals surface area contributed by atoms with Gasteiger partial charge in [0.25, 0.3) is 0 Å². The third-order valence-electron chi connectivity index (χ3n) is 2.76. The Labute approximate surface area is 109 Å². The van der Waals surface area contributed by atoms with Crippen LogP contribution < -0.4 is 5.32 Å². The lowest BCUT2D eigenvalue weighted by atomic mass is 10.2. The van der Waals surface area contributed by atoms with Crippen LogP contribution in [0.5, 0.6) is 0 Å². The molecule has 0 unspecified atom stereocenters. The average molecular weight is 259 g/mol. The zero-order valence-corrected chi connectivity index (χ0v) is 11.0. The Morgan fingerprint density at radius 2 is 1.88 bits per heavy atom. The van der Waals surface area contributed by atoms with Gasteiger partial charge in [-0.3, -0.25) is 0 Å². The van der Waals surface area contributed by atoms with Gasteiger partial charge in [-0.2, -0.15) is 0 Å². The van der Waals surface area contributed by atoms with Crippen molar-refractivity contribution in [1.29, 1.82) is 0 Å². The summed E-state index contributed by atoms with van der Waals surface area (Å²) in [7, 11) is 0. The van der Waals surface area contributed by atoms with Crippen molar-refractivity contribution < 1.29 is 0 Å². The van der Waals surface area contributed by atoms with Crippen LogP contribution in [0.3, 0.4) is 0 Å². The lowest BCUT2D eigenvalue weighted by Crippen LogP contribution is -2.11. The van der Waals surface area contributed by atoms with Gasteiger partial charge in [0.1, 0.15) is 0 Å². The molecule has 0 fully saturated rings. The van der Waals surface area contributed by atoms with Crippen molar-refractivity contribution in [2.75, 3.05) is 0 Å². The third kappa shape index (κ3) is 2.41. The Morgan fingerprint density at radius 3 is 2.76 bits per heavy atom. The van der Waals surface area contributed by atoms with Crippen LogP contribution >= 0.6 is 22.7 Å². The molecule has 0 spiro atoms. The maximum absolute atomic E-state index is 3.50. The normalized spacial score (nSPS) is 11.1. The molecule has 0 atom stereocenters. The van der Waals surface area contributed by atoms with Gasteiger partial charge in [0.15, 0.2) is 0 Å². The number of thiophene rings is 2. The number of benzene rings is 1. The molecule has 1 aromatic carbocycles. The number of nitrogens with one attached hydrogen (secondary N) is 1. The summed E-state index contributed by atoms with van der Waals surface area (Å²) in [5, 5.41) is 9.26. The molecule has 1 nitrogen and oxygen atoms in total. The SMILES string of the molecule is c1csc(CNCc2csc3ccccc23)c1. The highest BCUT2D eigenvalue weighted by molar-refractivity contribution is 7.17. The van der Waals surface area contributed by atoms with Crippen LogP contribution in [0.2, 0.25) is 0 Å². The van der Waals surface area contributed by atoms with Crippen LogP contribution in [-0.4, -0.2) is 0 Å². The largest absolute Gasteiger partial charge is 0.308 e. The fourth-order valence-corrected chi connectivity index (χ4v) is 3.54. The molecule has 0 radical (unpaired) electrons. The zero-order chi connectivity index (χ0) is 11.5. The summed E-state index contributed by atoms with van der Waals surface area (Å²) in [5.41, 5.74) is 1.40. The van der Waals surface area contributed by atoms with Gasteiger partial charge in [0.2, 0.25) is 0 Å². The molecule has 1 N–H and O–H groups in total. The maximum atomic E-state index is 3.50. The first-order valence-electron chi connectivity index (χ1n) is 5.62. The molecule has 0 aliphatic rings. The standard InChI is InChI=1S/C14H13NS2/c1-2-6-14-13(5-1)11(10-17-14)8-15-9-12-4-3-7-16-12/h1-7,10,15H,8-9H2. The molecule has 17 heavy (non-hydrogen) atoms. The number of rotatable bonds is 4. The van der Waals surface area contributed by atoms with Crippen LogP contribution in [0.1, 0.15) is 10.4 Å². The van der Waals surface area contributed by atoms with E-state index in [-0.39, 0.29) is 0 Å². The molecular formula is C14H13NS2. The molecule has 0 amide bonds. The molecule has 0 bridgehead atoms. The minimum absolute atomic E-state index is 0.946. The lowest BCUT2D eigenvalue weighted by molar-refractivity contribution is 0.705. The second-order valence-corrected chi connectivity index (χ2v) is 5.88. The van der Waals surface area contributed by atoms with E-state index in [9.17, 15) is 0 Å². The Bertz CT molecular complexity index is 596. The summed E-state index contributed by atoms with van der Waals surface area (Å²) in [6.07, 6.45) is 0. The highest BCUT2D eigenvalue weighted by atomic mass is 32.1. The fourth-order valence-electron chi connectivity index (χ4n) is 1.90. The molecule has 86 valence electrons. The van der Waals surface area contributed by atoms with Gasteiger partial charge in [0.05, 0.1) is 0 Å². The summed E-state index contributed by atoms with van der Waals surface area (Å²) in [6.45, 7) is 1.91. The number of hydrogen-bond acceptors (Lipinski definition) is 3. The van der Waals surface area contributed by atoms with E-state index in [1.807, 2.05) is 11.3 Å². The lowest BCUT2D eigenvalue weighted by Gasteiger charge is -2.02. The van der Waals surface area contributed by atoms with E-state index in [0.29, 0.717) is 0 Å². The molecule has 3 rings (SSSR count). The monoisotopic (exact) mass is 259 g/mol. The molecule has 3 heteroatoms.